The molecule has 0 spiro atoms. The normalized spacial score (nSPS) is 10.0. The summed E-state index contributed by atoms with van der Waals surface area (Å²) in [6, 6.07) is 12.7. The number of hydrogen-bond donors (Lipinski definition) is 2. The Balaban J connectivity index is 1.92. The van der Waals surface area contributed by atoms with E-state index >= 15 is 0 Å². The first-order chi connectivity index (χ1) is 12.0. The van der Waals surface area contributed by atoms with Gasteiger partial charge in [0.15, 0.2) is 0 Å². The van der Waals surface area contributed by atoms with E-state index in [9.17, 15) is 9.59 Å². The van der Waals surface area contributed by atoms with Crippen molar-refractivity contribution in [1.82, 2.24) is 0 Å². The van der Waals surface area contributed by atoms with E-state index in [-0.39, 0.29) is 24.8 Å². The van der Waals surface area contributed by atoms with Crippen LogP contribution in [0, 0.1) is 6.92 Å². The molecule has 0 aliphatic heterocycles. The van der Waals surface area contributed by atoms with Crippen molar-refractivity contribution in [2.45, 2.75) is 20.3 Å². The number of anilines is 2. The Hall–Kier alpha value is -3.02. The summed E-state index contributed by atoms with van der Waals surface area (Å²) in [6.07, 6.45) is 0.196. The van der Waals surface area contributed by atoms with Crippen LogP contribution in [0.1, 0.15) is 18.9 Å². The fourth-order valence-electron chi connectivity index (χ4n) is 2.20. The molecule has 2 aromatic rings. The number of carbonyl (C=O) groups excluding carboxylic acids is 2. The Labute approximate surface area is 147 Å². The third-order valence-corrected chi connectivity index (χ3v) is 3.41. The van der Waals surface area contributed by atoms with Gasteiger partial charge in [0.2, 0.25) is 11.8 Å². The van der Waals surface area contributed by atoms with E-state index in [1.165, 1.54) is 14.0 Å². The Morgan fingerprint density at radius 3 is 2.40 bits per heavy atom. The van der Waals surface area contributed by atoms with Crippen molar-refractivity contribution in [2.75, 3.05) is 24.4 Å². The maximum absolute atomic E-state index is 12.1. The summed E-state index contributed by atoms with van der Waals surface area (Å²) in [7, 11) is 1.52. The van der Waals surface area contributed by atoms with Crippen molar-refractivity contribution in [1.29, 1.82) is 0 Å². The molecule has 2 aromatic carbocycles. The van der Waals surface area contributed by atoms with Crippen molar-refractivity contribution >= 4 is 23.2 Å². The van der Waals surface area contributed by atoms with E-state index in [1.54, 1.807) is 18.2 Å². The maximum atomic E-state index is 12.1. The number of methoxy groups -OCH3 is 1. The molecule has 6 nitrogen and oxygen atoms in total. The Morgan fingerprint density at radius 1 is 1.04 bits per heavy atom. The summed E-state index contributed by atoms with van der Waals surface area (Å²) >= 11 is 0. The molecule has 0 saturated carbocycles. The zero-order valence-electron chi connectivity index (χ0n) is 14.6. The molecule has 2 N–H and O–H groups in total. The van der Waals surface area contributed by atoms with Gasteiger partial charge in [-0.15, -0.1) is 0 Å². The lowest BCUT2D eigenvalue weighted by Gasteiger charge is -2.12. The molecule has 6 heteroatoms. The molecule has 0 unspecified atom stereocenters. The lowest BCUT2D eigenvalue weighted by atomic mass is 10.2. The monoisotopic (exact) mass is 342 g/mol. The van der Waals surface area contributed by atoms with Gasteiger partial charge in [0, 0.05) is 12.6 Å². The highest BCUT2D eigenvalue weighted by Crippen LogP contribution is 2.28. The first-order valence-electron chi connectivity index (χ1n) is 7.93. The van der Waals surface area contributed by atoms with Crippen molar-refractivity contribution < 1.29 is 19.1 Å². The van der Waals surface area contributed by atoms with Crippen molar-refractivity contribution in [3.8, 4) is 11.5 Å². The third kappa shape index (κ3) is 5.84. The molecule has 0 aromatic heterocycles. The van der Waals surface area contributed by atoms with Crippen molar-refractivity contribution in [3.63, 3.8) is 0 Å². The topological polar surface area (TPSA) is 76.7 Å². The number of ether oxygens (including phenoxy) is 2. The lowest BCUT2D eigenvalue weighted by Crippen LogP contribution is -2.16. The van der Waals surface area contributed by atoms with Gasteiger partial charge < -0.3 is 20.1 Å². The van der Waals surface area contributed by atoms with Crippen LogP contribution in [0.3, 0.4) is 0 Å². The fraction of sp³-hybridized carbons (Fsp3) is 0.263. The third-order valence-electron chi connectivity index (χ3n) is 3.41. The zero-order chi connectivity index (χ0) is 18.2. The summed E-state index contributed by atoms with van der Waals surface area (Å²) in [5.41, 5.74) is 2.23. The van der Waals surface area contributed by atoms with E-state index in [2.05, 4.69) is 10.6 Å². The van der Waals surface area contributed by atoms with Gasteiger partial charge in [-0.1, -0.05) is 17.7 Å². The van der Waals surface area contributed by atoms with Crippen molar-refractivity contribution in [2.24, 2.45) is 0 Å². The smallest absolute Gasteiger partial charge is 0.227 e. The molecule has 2 rings (SSSR count). The second kappa shape index (κ2) is 8.73. The predicted molar refractivity (Wildman–Crippen MR) is 97.2 cm³/mol. The van der Waals surface area contributed by atoms with Crippen LogP contribution in [0.5, 0.6) is 11.5 Å². The second-order valence-electron chi connectivity index (χ2n) is 5.56. The minimum Gasteiger partial charge on any atom is -0.495 e. The van der Waals surface area contributed by atoms with Crippen LogP contribution in [0.2, 0.25) is 0 Å². The average Bonchev–Trinajstić information content (AvgIpc) is 2.56. The molecule has 2 amide bonds. The number of amides is 2. The van der Waals surface area contributed by atoms with Gasteiger partial charge in [0.25, 0.3) is 0 Å². The van der Waals surface area contributed by atoms with Gasteiger partial charge in [0.1, 0.15) is 11.5 Å². The largest absolute Gasteiger partial charge is 0.495 e. The molecule has 0 atom stereocenters. The summed E-state index contributed by atoms with van der Waals surface area (Å²) in [5.74, 6) is 0.852. The van der Waals surface area contributed by atoms with Crippen LogP contribution in [-0.4, -0.2) is 25.5 Å². The predicted octanol–water partition coefficient (Wildman–Crippen LogP) is 3.37. The van der Waals surface area contributed by atoms with Gasteiger partial charge in [-0.25, -0.2) is 0 Å². The molecular weight excluding hydrogens is 320 g/mol. The second-order valence-corrected chi connectivity index (χ2v) is 5.56. The number of nitrogens with one attached hydrogen (secondary N) is 2. The average molecular weight is 342 g/mol. The van der Waals surface area contributed by atoms with Crippen LogP contribution in [-0.2, 0) is 9.59 Å². The molecule has 0 bridgehead atoms. The van der Waals surface area contributed by atoms with Crippen LogP contribution < -0.4 is 20.1 Å². The Morgan fingerprint density at radius 2 is 1.76 bits per heavy atom. The number of carbonyl (C=O) groups is 2. The Bertz CT molecular complexity index is 742. The highest BCUT2D eigenvalue weighted by atomic mass is 16.5. The molecule has 0 aliphatic carbocycles. The van der Waals surface area contributed by atoms with E-state index in [0.29, 0.717) is 17.1 Å². The summed E-state index contributed by atoms with van der Waals surface area (Å²) in [5, 5.41) is 5.44. The van der Waals surface area contributed by atoms with E-state index in [0.717, 1.165) is 11.3 Å². The van der Waals surface area contributed by atoms with Crippen LogP contribution in [0.25, 0.3) is 0 Å². The molecule has 0 aliphatic rings. The number of aryl methyl sites for hydroxylation is 1. The first kappa shape index (κ1) is 18.3. The maximum Gasteiger partial charge on any atom is 0.227 e. The highest BCUT2D eigenvalue weighted by Gasteiger charge is 2.09. The summed E-state index contributed by atoms with van der Waals surface area (Å²) in [6.45, 7) is 3.69. The van der Waals surface area contributed by atoms with E-state index < -0.39 is 0 Å². The molecule has 132 valence electrons. The molecule has 25 heavy (non-hydrogen) atoms. The standard InChI is InChI=1S/C19H22N2O4/c1-13-4-7-16(8-5-13)25-11-10-19(23)21-17-12-15(20-14(2)22)6-9-18(17)24-3/h4-9,12H,10-11H2,1-3H3,(H,20,22)(H,21,23). The Kier molecular flexibility index (Phi) is 6.39. The van der Waals surface area contributed by atoms with Crippen LogP contribution >= 0.6 is 0 Å². The highest BCUT2D eigenvalue weighted by molar-refractivity contribution is 5.94. The first-order valence-corrected chi connectivity index (χ1v) is 7.93. The molecule has 0 radical (unpaired) electrons. The van der Waals surface area contributed by atoms with Crippen molar-refractivity contribution in [3.05, 3.63) is 48.0 Å². The van der Waals surface area contributed by atoms with E-state index in [4.69, 9.17) is 9.47 Å². The SMILES string of the molecule is COc1ccc(NC(C)=O)cc1NC(=O)CCOc1ccc(C)cc1. The fourth-order valence-corrected chi connectivity index (χ4v) is 2.20. The molecule has 0 heterocycles. The van der Waals surface area contributed by atoms with Crippen LogP contribution in [0.4, 0.5) is 11.4 Å². The van der Waals surface area contributed by atoms with Gasteiger partial charge in [-0.3, -0.25) is 9.59 Å². The van der Waals surface area contributed by atoms with Gasteiger partial charge in [-0.2, -0.15) is 0 Å². The number of hydrogen-bond acceptors (Lipinski definition) is 4. The molecular formula is C19H22N2O4. The van der Waals surface area contributed by atoms with Gasteiger partial charge in [0.05, 0.1) is 25.8 Å². The van der Waals surface area contributed by atoms with Gasteiger partial charge >= 0.3 is 0 Å². The van der Waals surface area contributed by atoms with Gasteiger partial charge in [-0.05, 0) is 37.3 Å². The summed E-state index contributed by atoms with van der Waals surface area (Å²) in [4.78, 5) is 23.3. The number of rotatable bonds is 7. The minimum atomic E-state index is -0.203. The van der Waals surface area contributed by atoms with E-state index in [1.807, 2.05) is 31.2 Å². The minimum absolute atomic E-state index is 0.186. The van der Waals surface area contributed by atoms with Crippen LogP contribution in [0.15, 0.2) is 42.5 Å². The zero-order valence-corrected chi connectivity index (χ0v) is 14.6. The molecule has 0 fully saturated rings. The lowest BCUT2D eigenvalue weighted by molar-refractivity contribution is -0.116. The quantitative estimate of drug-likeness (QED) is 0.809. The summed E-state index contributed by atoms with van der Waals surface area (Å²) < 4.78 is 10.8. The number of benzene rings is 2. The molecule has 0 saturated heterocycles.